The lowest BCUT2D eigenvalue weighted by molar-refractivity contribution is -0.135. The number of nitrogens with zero attached hydrogens (tertiary/aromatic N) is 1. The fourth-order valence-corrected chi connectivity index (χ4v) is 2.07. The Bertz CT molecular complexity index is 778. The predicted octanol–water partition coefficient (Wildman–Crippen LogP) is 4.00. The topological polar surface area (TPSA) is 59.3 Å². The highest BCUT2D eigenvalue weighted by Crippen LogP contribution is 2.20. The van der Waals surface area contributed by atoms with E-state index in [0.29, 0.717) is 22.9 Å². The Morgan fingerprint density at radius 3 is 2.74 bits per heavy atom. The second-order valence-electron chi connectivity index (χ2n) is 4.61. The lowest BCUT2D eigenvalue weighted by Crippen LogP contribution is -2.02. The van der Waals surface area contributed by atoms with Crippen LogP contribution in [0.2, 0.25) is 5.02 Å². The van der Waals surface area contributed by atoms with E-state index in [1.807, 2.05) is 24.3 Å². The van der Waals surface area contributed by atoms with Gasteiger partial charge in [0.2, 0.25) is 0 Å². The van der Waals surface area contributed by atoms with Crippen LogP contribution in [0, 0.1) is 11.3 Å². The van der Waals surface area contributed by atoms with Crippen LogP contribution in [0.1, 0.15) is 11.1 Å². The van der Waals surface area contributed by atoms with Crippen molar-refractivity contribution in [3.05, 3.63) is 70.3 Å². The number of ether oxygens (including phenoxy) is 2. The van der Waals surface area contributed by atoms with Gasteiger partial charge in [-0.15, -0.1) is 0 Å². The molecule has 2 aromatic carbocycles. The summed E-state index contributed by atoms with van der Waals surface area (Å²) in [5, 5.41) is 9.62. The molecule has 0 aliphatic heterocycles. The second-order valence-corrected chi connectivity index (χ2v) is 5.02. The van der Waals surface area contributed by atoms with Crippen LogP contribution in [0.3, 0.4) is 0 Å². The first-order valence-electron chi connectivity index (χ1n) is 6.80. The Kier molecular flexibility index (Phi) is 5.79. The number of hydrogen-bond donors (Lipinski definition) is 0. The first-order valence-corrected chi connectivity index (χ1v) is 7.18. The minimum absolute atomic E-state index is 0.0734. The van der Waals surface area contributed by atoms with E-state index in [-0.39, 0.29) is 5.57 Å². The monoisotopic (exact) mass is 327 g/mol. The summed E-state index contributed by atoms with van der Waals surface area (Å²) < 4.78 is 10.3. The molecule has 2 aromatic rings. The van der Waals surface area contributed by atoms with Crippen LogP contribution in [-0.2, 0) is 16.1 Å². The van der Waals surface area contributed by atoms with Crippen molar-refractivity contribution >= 4 is 23.6 Å². The molecule has 0 aliphatic carbocycles. The van der Waals surface area contributed by atoms with Gasteiger partial charge in [-0.1, -0.05) is 41.9 Å². The number of esters is 1. The van der Waals surface area contributed by atoms with E-state index in [1.165, 1.54) is 13.2 Å². The van der Waals surface area contributed by atoms with Crippen LogP contribution in [0.5, 0.6) is 5.75 Å². The highest BCUT2D eigenvalue weighted by atomic mass is 35.5. The third kappa shape index (κ3) is 4.60. The van der Waals surface area contributed by atoms with E-state index in [2.05, 4.69) is 4.74 Å². The molecule has 0 saturated carbocycles. The van der Waals surface area contributed by atoms with Crippen molar-refractivity contribution in [2.75, 3.05) is 7.11 Å². The number of benzene rings is 2. The van der Waals surface area contributed by atoms with Crippen LogP contribution in [0.4, 0.5) is 0 Å². The minimum Gasteiger partial charge on any atom is -0.489 e. The van der Waals surface area contributed by atoms with Gasteiger partial charge in [-0.2, -0.15) is 5.26 Å². The largest absolute Gasteiger partial charge is 0.489 e. The van der Waals surface area contributed by atoms with Gasteiger partial charge >= 0.3 is 5.97 Å². The van der Waals surface area contributed by atoms with Gasteiger partial charge in [0.25, 0.3) is 0 Å². The Balaban J connectivity index is 2.14. The van der Waals surface area contributed by atoms with E-state index in [9.17, 15) is 4.79 Å². The standard InChI is InChI=1S/C18H14ClNO3/c1-22-18(21)15(11-20)9-13-5-4-7-16(10-13)23-12-14-6-2-3-8-17(14)19/h2-10H,12H2,1H3/b15-9+. The van der Waals surface area contributed by atoms with Crippen LogP contribution in [-0.4, -0.2) is 13.1 Å². The molecule has 0 radical (unpaired) electrons. The van der Waals surface area contributed by atoms with Crippen LogP contribution in [0.25, 0.3) is 6.08 Å². The van der Waals surface area contributed by atoms with Gasteiger partial charge in [0, 0.05) is 10.6 Å². The van der Waals surface area contributed by atoms with Gasteiger partial charge in [-0.25, -0.2) is 4.79 Å². The van der Waals surface area contributed by atoms with Gasteiger partial charge in [-0.3, -0.25) is 0 Å². The Labute approximate surface area is 139 Å². The molecule has 0 saturated heterocycles. The zero-order valence-electron chi connectivity index (χ0n) is 12.5. The smallest absolute Gasteiger partial charge is 0.348 e. The number of nitriles is 1. The van der Waals surface area contributed by atoms with Gasteiger partial charge in [0.15, 0.2) is 0 Å². The number of carbonyl (C=O) groups excluding carboxylic acids is 1. The summed E-state index contributed by atoms with van der Waals surface area (Å²) in [4.78, 5) is 11.4. The predicted molar refractivity (Wildman–Crippen MR) is 87.8 cm³/mol. The van der Waals surface area contributed by atoms with Gasteiger partial charge in [0.05, 0.1) is 7.11 Å². The van der Waals surface area contributed by atoms with Crippen molar-refractivity contribution in [2.24, 2.45) is 0 Å². The molecule has 0 atom stereocenters. The molecule has 116 valence electrons. The Morgan fingerprint density at radius 1 is 1.26 bits per heavy atom. The molecule has 0 spiro atoms. The minimum atomic E-state index is -0.671. The molecule has 4 nitrogen and oxygen atoms in total. The zero-order chi connectivity index (χ0) is 16.7. The molecular weight excluding hydrogens is 314 g/mol. The molecule has 0 aromatic heterocycles. The Hall–Kier alpha value is -2.77. The summed E-state index contributed by atoms with van der Waals surface area (Å²) in [5.41, 5.74) is 1.47. The lowest BCUT2D eigenvalue weighted by atomic mass is 10.1. The summed E-state index contributed by atoms with van der Waals surface area (Å²) in [6.45, 7) is 0.328. The molecule has 5 heteroatoms. The van der Waals surface area contributed by atoms with Crippen LogP contribution < -0.4 is 4.74 Å². The average Bonchev–Trinajstić information content (AvgIpc) is 2.58. The molecule has 23 heavy (non-hydrogen) atoms. The molecule has 0 N–H and O–H groups in total. The zero-order valence-corrected chi connectivity index (χ0v) is 13.2. The SMILES string of the molecule is COC(=O)/C(C#N)=C/c1cccc(OCc2ccccc2Cl)c1. The average molecular weight is 328 g/mol. The van der Waals surface area contributed by atoms with E-state index < -0.39 is 5.97 Å². The van der Waals surface area contributed by atoms with Crippen molar-refractivity contribution in [1.82, 2.24) is 0 Å². The molecular formula is C18H14ClNO3. The summed E-state index contributed by atoms with van der Waals surface area (Å²) in [5.74, 6) is -0.0595. The maximum absolute atomic E-state index is 11.4. The fourth-order valence-electron chi connectivity index (χ4n) is 1.88. The van der Waals surface area contributed by atoms with Gasteiger partial charge in [0.1, 0.15) is 24.0 Å². The lowest BCUT2D eigenvalue weighted by Gasteiger charge is -2.08. The maximum Gasteiger partial charge on any atom is 0.348 e. The van der Waals surface area contributed by atoms with Crippen molar-refractivity contribution in [3.63, 3.8) is 0 Å². The van der Waals surface area contributed by atoms with E-state index >= 15 is 0 Å². The molecule has 0 unspecified atom stereocenters. The van der Waals surface area contributed by atoms with E-state index in [0.717, 1.165) is 5.56 Å². The molecule has 0 aliphatic rings. The van der Waals surface area contributed by atoms with Gasteiger partial charge < -0.3 is 9.47 Å². The number of hydrogen-bond acceptors (Lipinski definition) is 4. The van der Waals surface area contributed by atoms with Crippen LogP contribution >= 0.6 is 11.6 Å². The molecule has 0 bridgehead atoms. The highest BCUT2D eigenvalue weighted by molar-refractivity contribution is 6.31. The number of halogens is 1. The van der Waals surface area contributed by atoms with Crippen LogP contribution in [0.15, 0.2) is 54.1 Å². The summed E-state index contributed by atoms with van der Waals surface area (Å²) in [6.07, 6.45) is 1.45. The third-order valence-corrected chi connectivity index (χ3v) is 3.42. The fraction of sp³-hybridized carbons (Fsp3) is 0.111. The number of rotatable bonds is 5. The summed E-state index contributed by atoms with van der Waals surface area (Å²) >= 11 is 6.08. The molecule has 0 amide bonds. The second kappa shape index (κ2) is 8.02. The quantitative estimate of drug-likeness (QED) is 0.473. The molecule has 2 rings (SSSR count). The van der Waals surface area contributed by atoms with Gasteiger partial charge in [-0.05, 0) is 29.8 Å². The Morgan fingerprint density at radius 2 is 2.04 bits per heavy atom. The summed E-state index contributed by atoms with van der Waals surface area (Å²) in [7, 11) is 1.23. The first-order chi connectivity index (χ1) is 11.1. The summed E-state index contributed by atoms with van der Waals surface area (Å²) in [6, 6.07) is 16.3. The number of carbonyl (C=O) groups is 1. The normalized spacial score (nSPS) is 10.7. The molecule has 0 heterocycles. The van der Waals surface area contributed by atoms with Crippen molar-refractivity contribution in [1.29, 1.82) is 5.26 Å². The maximum atomic E-state index is 11.4. The molecule has 0 fully saturated rings. The van der Waals surface area contributed by atoms with E-state index in [4.69, 9.17) is 21.6 Å². The number of methoxy groups -OCH3 is 1. The van der Waals surface area contributed by atoms with E-state index in [1.54, 1.807) is 30.3 Å². The first kappa shape index (κ1) is 16.6. The third-order valence-electron chi connectivity index (χ3n) is 3.05. The van der Waals surface area contributed by atoms with Crippen molar-refractivity contribution in [3.8, 4) is 11.8 Å². The van der Waals surface area contributed by atoms with Crippen molar-refractivity contribution < 1.29 is 14.3 Å². The highest BCUT2D eigenvalue weighted by Gasteiger charge is 2.08. The van der Waals surface area contributed by atoms with Crippen molar-refractivity contribution in [2.45, 2.75) is 6.61 Å².